The summed E-state index contributed by atoms with van der Waals surface area (Å²) in [7, 11) is 1.60. The Labute approximate surface area is 182 Å². The molecule has 0 fully saturated rings. The van der Waals surface area contributed by atoms with E-state index in [1.54, 1.807) is 35.9 Å². The summed E-state index contributed by atoms with van der Waals surface area (Å²) >= 11 is 7.45. The molecule has 3 aromatic carbocycles. The summed E-state index contributed by atoms with van der Waals surface area (Å²) in [6.07, 6.45) is 0. The number of hydrogen-bond acceptors (Lipinski definition) is 4. The summed E-state index contributed by atoms with van der Waals surface area (Å²) in [6.45, 7) is 0.321. The number of ether oxygens (including phenoxy) is 1. The van der Waals surface area contributed by atoms with Crippen LogP contribution in [0.15, 0.2) is 76.7 Å². The van der Waals surface area contributed by atoms with Gasteiger partial charge in [0, 0.05) is 16.3 Å². The van der Waals surface area contributed by atoms with Gasteiger partial charge in [0.1, 0.15) is 11.6 Å². The summed E-state index contributed by atoms with van der Waals surface area (Å²) in [5.41, 5.74) is 1.75. The SMILES string of the molecule is COc1cccc(Cn2c(SCc3c(F)cccc3Cl)nc3ccccc3c2=O)c1. The summed E-state index contributed by atoms with van der Waals surface area (Å²) in [4.78, 5) is 17.9. The van der Waals surface area contributed by atoms with Crippen LogP contribution in [0.25, 0.3) is 10.9 Å². The van der Waals surface area contributed by atoms with Crippen molar-refractivity contribution < 1.29 is 9.13 Å². The number of thioether (sulfide) groups is 1. The van der Waals surface area contributed by atoms with Gasteiger partial charge in [-0.15, -0.1) is 0 Å². The first kappa shape index (κ1) is 20.4. The Morgan fingerprint density at radius 1 is 1.10 bits per heavy atom. The van der Waals surface area contributed by atoms with Gasteiger partial charge in [-0.1, -0.05) is 53.7 Å². The molecule has 0 spiro atoms. The van der Waals surface area contributed by atoms with Crippen LogP contribution in [0.5, 0.6) is 5.75 Å². The fourth-order valence-electron chi connectivity index (χ4n) is 3.16. The normalized spacial score (nSPS) is 11.0. The second-order valence-corrected chi connectivity index (χ2v) is 7.99. The first-order valence-electron chi connectivity index (χ1n) is 9.25. The second kappa shape index (κ2) is 8.90. The van der Waals surface area contributed by atoms with E-state index in [-0.39, 0.29) is 17.1 Å². The van der Waals surface area contributed by atoms with E-state index in [9.17, 15) is 9.18 Å². The predicted octanol–water partition coefficient (Wildman–Crippen LogP) is 5.54. The first-order valence-corrected chi connectivity index (χ1v) is 10.6. The van der Waals surface area contributed by atoms with Crippen molar-refractivity contribution in [1.29, 1.82) is 0 Å². The molecule has 0 radical (unpaired) electrons. The molecular weight excluding hydrogens is 423 g/mol. The highest BCUT2D eigenvalue weighted by Crippen LogP contribution is 2.28. The molecule has 0 unspecified atom stereocenters. The topological polar surface area (TPSA) is 44.1 Å². The molecule has 30 heavy (non-hydrogen) atoms. The highest BCUT2D eigenvalue weighted by molar-refractivity contribution is 7.98. The van der Waals surface area contributed by atoms with Gasteiger partial charge in [-0.2, -0.15) is 0 Å². The minimum atomic E-state index is -0.377. The zero-order chi connectivity index (χ0) is 21.1. The number of benzene rings is 3. The first-order chi connectivity index (χ1) is 14.6. The van der Waals surface area contributed by atoms with Crippen molar-refractivity contribution in [2.75, 3.05) is 7.11 Å². The Morgan fingerprint density at radius 3 is 2.70 bits per heavy atom. The maximum Gasteiger partial charge on any atom is 0.262 e. The molecule has 152 valence electrons. The summed E-state index contributed by atoms with van der Waals surface area (Å²) in [5.74, 6) is 0.591. The minimum absolute atomic E-state index is 0.148. The van der Waals surface area contributed by atoms with E-state index in [1.165, 1.54) is 17.8 Å². The Kier molecular flexibility index (Phi) is 6.06. The third kappa shape index (κ3) is 4.20. The summed E-state index contributed by atoms with van der Waals surface area (Å²) in [6, 6.07) is 19.3. The maximum atomic E-state index is 14.2. The molecule has 0 saturated carbocycles. The molecule has 4 rings (SSSR count). The Hall–Kier alpha value is -2.83. The average Bonchev–Trinajstić information content (AvgIpc) is 2.76. The van der Waals surface area contributed by atoms with Gasteiger partial charge in [0.2, 0.25) is 0 Å². The molecule has 0 aliphatic rings. The van der Waals surface area contributed by atoms with Gasteiger partial charge in [-0.25, -0.2) is 9.37 Å². The zero-order valence-corrected chi connectivity index (χ0v) is 17.7. The molecule has 0 saturated heterocycles. The number of aromatic nitrogens is 2. The number of fused-ring (bicyclic) bond motifs is 1. The van der Waals surface area contributed by atoms with Crippen molar-refractivity contribution in [1.82, 2.24) is 9.55 Å². The Balaban J connectivity index is 1.77. The fourth-order valence-corrected chi connectivity index (χ4v) is 4.50. The molecule has 0 aliphatic heterocycles. The minimum Gasteiger partial charge on any atom is -0.497 e. The van der Waals surface area contributed by atoms with E-state index in [0.29, 0.717) is 38.9 Å². The van der Waals surface area contributed by atoms with Crippen LogP contribution in [0, 0.1) is 5.82 Å². The van der Waals surface area contributed by atoms with E-state index < -0.39 is 0 Å². The van der Waals surface area contributed by atoms with Gasteiger partial charge in [0.05, 0.1) is 24.6 Å². The van der Waals surface area contributed by atoms with Crippen LogP contribution in [-0.4, -0.2) is 16.7 Å². The van der Waals surface area contributed by atoms with Crippen LogP contribution < -0.4 is 10.3 Å². The lowest BCUT2D eigenvalue weighted by molar-refractivity contribution is 0.414. The highest BCUT2D eigenvalue weighted by atomic mass is 35.5. The van der Waals surface area contributed by atoms with E-state index in [0.717, 1.165) is 5.56 Å². The number of rotatable bonds is 6. The average molecular weight is 441 g/mol. The molecule has 0 atom stereocenters. The Morgan fingerprint density at radius 2 is 1.90 bits per heavy atom. The van der Waals surface area contributed by atoms with Crippen molar-refractivity contribution in [2.45, 2.75) is 17.5 Å². The third-order valence-electron chi connectivity index (χ3n) is 4.71. The lowest BCUT2D eigenvalue weighted by atomic mass is 10.2. The van der Waals surface area contributed by atoms with Crippen LogP contribution in [0.4, 0.5) is 4.39 Å². The number of nitrogens with zero attached hydrogens (tertiary/aromatic N) is 2. The number of methoxy groups -OCH3 is 1. The van der Waals surface area contributed by atoms with E-state index in [2.05, 4.69) is 4.98 Å². The molecule has 0 amide bonds. The van der Waals surface area contributed by atoms with Crippen LogP contribution in [-0.2, 0) is 12.3 Å². The van der Waals surface area contributed by atoms with Gasteiger partial charge in [-0.3, -0.25) is 9.36 Å². The maximum absolute atomic E-state index is 14.2. The summed E-state index contributed by atoms with van der Waals surface area (Å²) in [5, 5.41) is 1.39. The van der Waals surface area contributed by atoms with Crippen LogP contribution >= 0.6 is 23.4 Å². The predicted molar refractivity (Wildman–Crippen MR) is 119 cm³/mol. The number of hydrogen-bond donors (Lipinski definition) is 0. The van der Waals surface area contributed by atoms with Crippen LogP contribution in [0.1, 0.15) is 11.1 Å². The Bertz CT molecular complexity index is 1260. The largest absolute Gasteiger partial charge is 0.497 e. The highest BCUT2D eigenvalue weighted by Gasteiger charge is 2.15. The standard InChI is InChI=1S/C23H18ClFN2O2S/c1-29-16-7-4-6-15(12-16)13-27-22(28)17-8-2-3-11-21(17)26-23(27)30-14-18-19(24)9-5-10-20(18)25/h2-12H,13-14H2,1H3. The van der Waals surface area contributed by atoms with Crippen molar-refractivity contribution in [3.05, 3.63) is 99.1 Å². The molecule has 0 aliphatic carbocycles. The summed E-state index contributed by atoms with van der Waals surface area (Å²) < 4.78 is 21.1. The number of para-hydroxylation sites is 1. The van der Waals surface area contributed by atoms with Crippen LogP contribution in [0.3, 0.4) is 0 Å². The lowest BCUT2D eigenvalue weighted by Gasteiger charge is -2.14. The zero-order valence-electron chi connectivity index (χ0n) is 16.1. The number of halogens is 2. The fraction of sp³-hybridized carbons (Fsp3) is 0.130. The molecular formula is C23H18ClFN2O2S. The van der Waals surface area contributed by atoms with E-state index in [4.69, 9.17) is 16.3 Å². The third-order valence-corrected chi connectivity index (χ3v) is 6.07. The van der Waals surface area contributed by atoms with Crippen LogP contribution in [0.2, 0.25) is 5.02 Å². The molecule has 0 N–H and O–H groups in total. The van der Waals surface area contributed by atoms with Crippen molar-refractivity contribution >= 4 is 34.3 Å². The monoisotopic (exact) mass is 440 g/mol. The second-order valence-electron chi connectivity index (χ2n) is 6.64. The van der Waals surface area contributed by atoms with Gasteiger partial charge in [0.25, 0.3) is 5.56 Å². The quantitative estimate of drug-likeness (QED) is 0.292. The van der Waals surface area contributed by atoms with Crippen molar-refractivity contribution in [3.8, 4) is 5.75 Å². The van der Waals surface area contributed by atoms with E-state index >= 15 is 0 Å². The molecule has 7 heteroatoms. The smallest absolute Gasteiger partial charge is 0.262 e. The van der Waals surface area contributed by atoms with Gasteiger partial charge >= 0.3 is 0 Å². The van der Waals surface area contributed by atoms with Gasteiger partial charge in [0.15, 0.2) is 5.16 Å². The molecule has 1 aromatic heterocycles. The lowest BCUT2D eigenvalue weighted by Crippen LogP contribution is -2.24. The van der Waals surface area contributed by atoms with Crippen molar-refractivity contribution in [3.63, 3.8) is 0 Å². The molecule has 4 aromatic rings. The molecule has 1 heterocycles. The van der Waals surface area contributed by atoms with Gasteiger partial charge in [-0.05, 0) is 42.0 Å². The van der Waals surface area contributed by atoms with Gasteiger partial charge < -0.3 is 4.74 Å². The van der Waals surface area contributed by atoms with Crippen molar-refractivity contribution in [2.24, 2.45) is 0 Å². The molecule has 4 nitrogen and oxygen atoms in total. The van der Waals surface area contributed by atoms with E-state index in [1.807, 2.05) is 36.4 Å². The molecule has 0 bridgehead atoms.